The Kier molecular flexibility index (Phi) is 11.2. The number of aromatic carboxylic acids is 1. The molecule has 39 heavy (non-hydrogen) atoms. The molecule has 0 saturated carbocycles. The Labute approximate surface area is 245 Å². The molecule has 5 rings (SSSR count). The lowest BCUT2D eigenvalue weighted by Gasteiger charge is -2.37. The zero-order valence-corrected chi connectivity index (χ0v) is 23.5. The molecule has 11 heteroatoms. The summed E-state index contributed by atoms with van der Waals surface area (Å²) < 4.78 is 5.24. The van der Waals surface area contributed by atoms with Gasteiger partial charge >= 0.3 is 5.97 Å². The number of halogens is 3. The minimum atomic E-state index is -1.04. The predicted octanol–water partition coefficient (Wildman–Crippen LogP) is 5.79. The average Bonchev–Trinajstić information content (AvgIpc) is 2.93. The summed E-state index contributed by atoms with van der Waals surface area (Å²) in [5.41, 5.74) is 2.89. The standard InChI is InChI=1S/C28H26N4O4.3ClH/c1-36-22-10-8-21(9-11-22)31-13-15-32(16-14-31)26-18-24(28(34)35)23-17-20(7-12-25(23)30-26)29-27(33)19-5-3-2-4-6-19;;;/h2-12,17-18H,13-16H2,1H3,(H,29,33)(H,34,35);3*1H. The first-order valence-corrected chi connectivity index (χ1v) is 11.7. The third-order valence-electron chi connectivity index (χ3n) is 6.36. The predicted molar refractivity (Wildman–Crippen MR) is 162 cm³/mol. The van der Waals surface area contributed by atoms with Crippen molar-refractivity contribution in [3.63, 3.8) is 0 Å². The molecule has 0 bridgehead atoms. The SMILES string of the molecule is COc1ccc(N2CCN(c3cc(C(=O)O)c4cc(NC(=O)c5ccccc5)ccc4n3)CC2)cc1.Cl.Cl.Cl. The van der Waals surface area contributed by atoms with E-state index in [1.54, 1.807) is 55.6 Å². The number of pyridine rings is 1. The number of anilines is 3. The normalized spacial score (nSPS) is 12.4. The minimum Gasteiger partial charge on any atom is -0.497 e. The Balaban J connectivity index is 0.00000178. The van der Waals surface area contributed by atoms with E-state index in [-0.39, 0.29) is 48.7 Å². The summed E-state index contributed by atoms with van der Waals surface area (Å²) in [6, 6.07) is 23.6. The molecular formula is C28H29Cl3N4O4. The van der Waals surface area contributed by atoms with E-state index in [0.717, 1.165) is 37.6 Å². The van der Waals surface area contributed by atoms with Crippen LogP contribution >= 0.6 is 37.2 Å². The van der Waals surface area contributed by atoms with Crippen molar-refractivity contribution < 1.29 is 19.4 Å². The van der Waals surface area contributed by atoms with E-state index in [9.17, 15) is 14.7 Å². The highest BCUT2D eigenvalue weighted by Crippen LogP contribution is 2.28. The van der Waals surface area contributed by atoms with Crippen LogP contribution in [-0.2, 0) is 0 Å². The fourth-order valence-corrected chi connectivity index (χ4v) is 4.41. The first-order valence-electron chi connectivity index (χ1n) is 11.7. The number of nitrogens with one attached hydrogen (secondary N) is 1. The van der Waals surface area contributed by atoms with Crippen LogP contribution in [-0.4, -0.2) is 55.3 Å². The Hall–Kier alpha value is -3.72. The Morgan fingerprint density at radius 2 is 1.49 bits per heavy atom. The van der Waals surface area contributed by atoms with Gasteiger partial charge in [-0.15, -0.1) is 37.2 Å². The van der Waals surface area contributed by atoms with Crippen LogP contribution in [0.5, 0.6) is 5.75 Å². The quantitative estimate of drug-likeness (QED) is 0.293. The molecule has 0 spiro atoms. The Morgan fingerprint density at radius 1 is 0.846 bits per heavy atom. The number of carboxylic acid groups (broad SMARTS) is 1. The molecule has 1 saturated heterocycles. The van der Waals surface area contributed by atoms with Crippen LogP contribution in [0.1, 0.15) is 20.7 Å². The highest BCUT2D eigenvalue weighted by atomic mass is 35.5. The number of benzene rings is 3. The van der Waals surface area contributed by atoms with Crippen LogP contribution in [0.3, 0.4) is 0 Å². The molecule has 1 amide bonds. The number of piperazine rings is 1. The lowest BCUT2D eigenvalue weighted by atomic mass is 10.1. The van der Waals surface area contributed by atoms with Gasteiger partial charge in [0.1, 0.15) is 11.6 Å². The molecule has 0 radical (unpaired) electrons. The van der Waals surface area contributed by atoms with E-state index < -0.39 is 5.97 Å². The Morgan fingerprint density at radius 3 is 2.10 bits per heavy atom. The van der Waals surface area contributed by atoms with E-state index >= 15 is 0 Å². The summed E-state index contributed by atoms with van der Waals surface area (Å²) in [6.07, 6.45) is 0. The van der Waals surface area contributed by atoms with Gasteiger partial charge in [-0.1, -0.05) is 18.2 Å². The second kappa shape index (κ2) is 13.9. The lowest BCUT2D eigenvalue weighted by Crippen LogP contribution is -2.46. The third-order valence-corrected chi connectivity index (χ3v) is 6.36. The fraction of sp³-hybridized carbons (Fsp3) is 0.179. The van der Waals surface area contributed by atoms with Gasteiger partial charge in [0.25, 0.3) is 5.91 Å². The molecule has 206 valence electrons. The van der Waals surface area contributed by atoms with Crippen LogP contribution < -0.4 is 19.9 Å². The van der Waals surface area contributed by atoms with Crippen molar-refractivity contribution in [2.45, 2.75) is 0 Å². The highest BCUT2D eigenvalue weighted by molar-refractivity contribution is 6.08. The van der Waals surface area contributed by atoms with Crippen molar-refractivity contribution in [2.24, 2.45) is 0 Å². The van der Waals surface area contributed by atoms with E-state index in [1.807, 2.05) is 30.3 Å². The van der Waals surface area contributed by atoms with Gasteiger partial charge in [-0.2, -0.15) is 0 Å². The number of methoxy groups -OCH3 is 1. The van der Waals surface area contributed by atoms with Crippen molar-refractivity contribution in [3.8, 4) is 5.75 Å². The lowest BCUT2D eigenvalue weighted by molar-refractivity contribution is 0.0698. The summed E-state index contributed by atoms with van der Waals surface area (Å²) >= 11 is 0. The summed E-state index contributed by atoms with van der Waals surface area (Å²) in [4.78, 5) is 33.8. The largest absolute Gasteiger partial charge is 0.497 e. The van der Waals surface area contributed by atoms with Crippen molar-refractivity contribution in [3.05, 3.63) is 90.0 Å². The number of carbonyl (C=O) groups excluding carboxylic acids is 1. The number of hydrogen-bond donors (Lipinski definition) is 2. The van der Waals surface area contributed by atoms with Crippen LogP contribution in [0, 0.1) is 0 Å². The summed E-state index contributed by atoms with van der Waals surface area (Å²) in [7, 11) is 1.65. The maximum absolute atomic E-state index is 12.5. The van der Waals surface area contributed by atoms with E-state index in [0.29, 0.717) is 28.0 Å². The second-order valence-electron chi connectivity index (χ2n) is 8.56. The molecule has 2 heterocycles. The molecule has 3 aromatic carbocycles. The molecule has 0 aliphatic carbocycles. The van der Waals surface area contributed by atoms with Crippen LogP contribution in [0.4, 0.5) is 17.2 Å². The molecule has 1 aliphatic heterocycles. The van der Waals surface area contributed by atoms with Crippen molar-refractivity contribution in [1.82, 2.24) is 4.98 Å². The monoisotopic (exact) mass is 590 g/mol. The molecule has 1 aromatic heterocycles. The van der Waals surface area contributed by atoms with Gasteiger partial charge < -0.3 is 25.0 Å². The van der Waals surface area contributed by atoms with Crippen LogP contribution in [0.2, 0.25) is 0 Å². The number of nitrogens with zero attached hydrogens (tertiary/aromatic N) is 3. The van der Waals surface area contributed by atoms with Crippen molar-refractivity contribution in [2.75, 3.05) is 48.4 Å². The highest BCUT2D eigenvalue weighted by Gasteiger charge is 2.21. The van der Waals surface area contributed by atoms with Gasteiger partial charge in [-0.05, 0) is 60.7 Å². The number of hydrogen-bond acceptors (Lipinski definition) is 6. The number of aromatic nitrogens is 1. The maximum atomic E-state index is 12.5. The topological polar surface area (TPSA) is 95.0 Å². The van der Waals surface area contributed by atoms with Gasteiger partial charge in [0.15, 0.2) is 0 Å². The van der Waals surface area contributed by atoms with Gasteiger partial charge in [0.2, 0.25) is 0 Å². The fourth-order valence-electron chi connectivity index (χ4n) is 4.41. The van der Waals surface area contributed by atoms with Crippen molar-refractivity contribution in [1.29, 1.82) is 0 Å². The third kappa shape index (κ3) is 7.03. The molecule has 2 N–H and O–H groups in total. The Bertz CT molecular complexity index is 1410. The zero-order chi connectivity index (χ0) is 25.1. The zero-order valence-electron chi connectivity index (χ0n) is 21.1. The van der Waals surface area contributed by atoms with Gasteiger partial charge in [0.05, 0.1) is 18.2 Å². The molecule has 0 atom stereocenters. The van der Waals surface area contributed by atoms with E-state index in [4.69, 9.17) is 9.72 Å². The summed E-state index contributed by atoms with van der Waals surface area (Å²) in [6.45, 7) is 3.02. The average molecular weight is 592 g/mol. The van der Waals surface area contributed by atoms with Gasteiger partial charge in [-0.25, -0.2) is 9.78 Å². The first-order chi connectivity index (χ1) is 17.5. The smallest absolute Gasteiger partial charge is 0.336 e. The molecule has 4 aromatic rings. The molecular weight excluding hydrogens is 563 g/mol. The first kappa shape index (κ1) is 31.5. The van der Waals surface area contributed by atoms with Crippen LogP contribution in [0.25, 0.3) is 10.9 Å². The summed E-state index contributed by atoms with van der Waals surface area (Å²) in [5, 5.41) is 13.3. The number of ether oxygens (including phenoxy) is 1. The second-order valence-corrected chi connectivity index (χ2v) is 8.56. The number of carboxylic acids is 1. The minimum absolute atomic E-state index is 0. The van der Waals surface area contributed by atoms with E-state index in [2.05, 4.69) is 15.1 Å². The number of fused-ring (bicyclic) bond motifs is 1. The molecule has 8 nitrogen and oxygen atoms in total. The molecule has 1 aliphatic rings. The number of carbonyl (C=O) groups is 2. The number of rotatable bonds is 6. The molecule has 1 fully saturated rings. The van der Waals surface area contributed by atoms with Crippen LogP contribution in [0.15, 0.2) is 78.9 Å². The summed E-state index contributed by atoms with van der Waals surface area (Å²) in [5.74, 6) is 0.162. The van der Waals surface area contributed by atoms with E-state index in [1.165, 1.54) is 0 Å². The number of amides is 1. The van der Waals surface area contributed by atoms with Gasteiger partial charge in [-0.3, -0.25) is 4.79 Å². The maximum Gasteiger partial charge on any atom is 0.336 e. The molecule has 0 unspecified atom stereocenters. The van der Waals surface area contributed by atoms with Crippen molar-refractivity contribution >= 4 is 77.2 Å². The van der Waals surface area contributed by atoms with Gasteiger partial charge in [0, 0.05) is 48.5 Å².